The highest BCUT2D eigenvalue weighted by Crippen LogP contribution is 2.34. The molecule has 2 heterocycles. The van der Waals surface area contributed by atoms with E-state index in [1.165, 1.54) is 6.07 Å². The van der Waals surface area contributed by atoms with Crippen LogP contribution in [0.4, 0.5) is 4.39 Å². The van der Waals surface area contributed by atoms with Gasteiger partial charge in [0.1, 0.15) is 17.0 Å². The summed E-state index contributed by atoms with van der Waals surface area (Å²) in [5.41, 5.74) is 3.19. The zero-order chi connectivity index (χ0) is 21.5. The van der Waals surface area contributed by atoms with Gasteiger partial charge in [0, 0.05) is 28.0 Å². The van der Waals surface area contributed by atoms with Crippen LogP contribution in [0, 0.1) is 5.82 Å². The van der Waals surface area contributed by atoms with Crippen molar-refractivity contribution >= 4 is 21.9 Å². The predicted molar refractivity (Wildman–Crippen MR) is 123 cm³/mol. The number of aromatic nitrogens is 3. The molecule has 0 radical (unpaired) electrons. The molecule has 0 amide bonds. The fourth-order valence-electron chi connectivity index (χ4n) is 3.85. The minimum absolute atomic E-state index is 0.280. The highest BCUT2D eigenvalue weighted by atomic mass is 19.1. The molecule has 2 aromatic heterocycles. The predicted octanol–water partition coefficient (Wildman–Crippen LogP) is 6.91. The first kappa shape index (κ1) is 18.4. The summed E-state index contributed by atoms with van der Waals surface area (Å²) in [5, 5.41) is 1.74. The molecule has 0 fully saturated rings. The molecule has 0 aliphatic heterocycles. The summed E-state index contributed by atoms with van der Waals surface area (Å²) >= 11 is 0. The van der Waals surface area contributed by atoms with E-state index in [0.29, 0.717) is 28.4 Å². The molecule has 6 aromatic rings. The Morgan fingerprint density at radius 2 is 1.09 bits per heavy atom. The number of fused-ring (bicyclic) bond motifs is 3. The molecule has 0 saturated carbocycles. The van der Waals surface area contributed by atoms with Gasteiger partial charge in [-0.3, -0.25) is 0 Å². The number of para-hydroxylation sites is 1. The number of hydrogen-bond acceptors (Lipinski definition) is 4. The topological polar surface area (TPSA) is 51.8 Å². The van der Waals surface area contributed by atoms with Crippen LogP contribution >= 0.6 is 0 Å². The number of rotatable bonds is 3. The number of benzene rings is 4. The van der Waals surface area contributed by atoms with Gasteiger partial charge in [-0.15, -0.1) is 0 Å². The van der Waals surface area contributed by atoms with Crippen LogP contribution in [0.3, 0.4) is 0 Å². The lowest BCUT2D eigenvalue weighted by molar-refractivity contribution is 0.620. The highest BCUT2D eigenvalue weighted by molar-refractivity contribution is 6.06. The summed E-state index contributed by atoms with van der Waals surface area (Å²) in [6.07, 6.45) is 0. The summed E-state index contributed by atoms with van der Waals surface area (Å²) in [6, 6.07) is 30.1. The quantitative estimate of drug-likeness (QED) is 0.314. The molecule has 32 heavy (non-hydrogen) atoms. The molecule has 0 aliphatic rings. The Morgan fingerprint density at radius 3 is 1.75 bits per heavy atom. The second-order valence-electron chi connectivity index (χ2n) is 7.46. The first-order valence-corrected chi connectivity index (χ1v) is 10.2. The van der Waals surface area contributed by atoms with Crippen LogP contribution in [0.2, 0.25) is 0 Å². The number of nitrogens with zero attached hydrogens (tertiary/aromatic N) is 3. The summed E-state index contributed by atoms with van der Waals surface area (Å²) in [7, 11) is 0. The van der Waals surface area contributed by atoms with Crippen molar-refractivity contribution in [2.45, 2.75) is 0 Å². The van der Waals surface area contributed by atoms with E-state index in [1.807, 2.05) is 84.9 Å². The van der Waals surface area contributed by atoms with Gasteiger partial charge in [0.05, 0.1) is 5.56 Å². The molecule has 0 unspecified atom stereocenters. The van der Waals surface area contributed by atoms with Crippen LogP contribution in [0.5, 0.6) is 0 Å². The van der Waals surface area contributed by atoms with Crippen molar-refractivity contribution in [3.8, 4) is 34.2 Å². The van der Waals surface area contributed by atoms with Crippen molar-refractivity contribution in [1.82, 2.24) is 15.0 Å². The van der Waals surface area contributed by atoms with E-state index in [4.69, 9.17) is 4.42 Å². The van der Waals surface area contributed by atoms with Crippen molar-refractivity contribution < 1.29 is 8.81 Å². The van der Waals surface area contributed by atoms with Crippen LogP contribution < -0.4 is 0 Å². The zero-order valence-electron chi connectivity index (χ0n) is 16.9. The molecule has 4 aromatic carbocycles. The summed E-state index contributed by atoms with van der Waals surface area (Å²) < 4.78 is 21.1. The zero-order valence-corrected chi connectivity index (χ0v) is 16.9. The van der Waals surface area contributed by atoms with E-state index in [0.717, 1.165) is 21.9 Å². The van der Waals surface area contributed by atoms with Crippen molar-refractivity contribution in [2.75, 3.05) is 0 Å². The number of halogens is 1. The van der Waals surface area contributed by atoms with E-state index < -0.39 is 5.82 Å². The lowest BCUT2D eigenvalue weighted by Crippen LogP contribution is -2.01. The summed E-state index contributed by atoms with van der Waals surface area (Å²) in [6.45, 7) is 0. The molecular formula is C27H16FN3O. The first-order valence-electron chi connectivity index (χ1n) is 10.2. The van der Waals surface area contributed by atoms with Crippen molar-refractivity contribution in [1.29, 1.82) is 0 Å². The molecule has 0 N–H and O–H groups in total. The Balaban J connectivity index is 1.61. The SMILES string of the molecule is Fc1cc2oc3ccccc3c2cc1-c1nc(-c2ccccc2)nc(-c2ccccc2)n1. The minimum atomic E-state index is -0.444. The van der Waals surface area contributed by atoms with E-state index in [1.54, 1.807) is 6.07 Å². The van der Waals surface area contributed by atoms with Gasteiger partial charge in [0.15, 0.2) is 17.5 Å². The molecule has 0 saturated heterocycles. The standard InChI is InChI=1S/C27H16FN3O/c28-22-16-24-20(19-13-7-8-14-23(19)32-24)15-21(22)27-30-25(17-9-3-1-4-10-17)29-26(31-27)18-11-5-2-6-12-18/h1-16H. The van der Waals surface area contributed by atoms with Crippen molar-refractivity contribution in [3.05, 3.63) is 103 Å². The Labute approximate surface area is 183 Å². The second-order valence-corrected chi connectivity index (χ2v) is 7.46. The van der Waals surface area contributed by atoms with Crippen molar-refractivity contribution in [3.63, 3.8) is 0 Å². The normalized spacial score (nSPS) is 11.3. The largest absolute Gasteiger partial charge is 0.456 e. The van der Waals surface area contributed by atoms with Crippen LogP contribution in [0.15, 0.2) is 101 Å². The van der Waals surface area contributed by atoms with Gasteiger partial charge in [0.2, 0.25) is 0 Å². The lowest BCUT2D eigenvalue weighted by atomic mass is 10.1. The van der Waals surface area contributed by atoms with Crippen LogP contribution in [-0.4, -0.2) is 15.0 Å². The molecule has 0 atom stereocenters. The molecule has 0 spiro atoms. The number of furan rings is 1. The fourth-order valence-corrected chi connectivity index (χ4v) is 3.85. The van der Waals surface area contributed by atoms with Crippen LogP contribution in [-0.2, 0) is 0 Å². The monoisotopic (exact) mass is 417 g/mol. The van der Waals surface area contributed by atoms with Gasteiger partial charge in [-0.25, -0.2) is 19.3 Å². The first-order chi connectivity index (χ1) is 15.8. The van der Waals surface area contributed by atoms with Gasteiger partial charge in [-0.1, -0.05) is 78.9 Å². The summed E-state index contributed by atoms with van der Waals surface area (Å²) in [4.78, 5) is 13.9. The van der Waals surface area contributed by atoms with E-state index in [-0.39, 0.29) is 5.82 Å². The van der Waals surface area contributed by atoms with Gasteiger partial charge >= 0.3 is 0 Å². The third-order valence-corrected chi connectivity index (χ3v) is 5.41. The molecular weight excluding hydrogens is 401 g/mol. The minimum Gasteiger partial charge on any atom is -0.456 e. The smallest absolute Gasteiger partial charge is 0.167 e. The third-order valence-electron chi connectivity index (χ3n) is 5.41. The second kappa shape index (κ2) is 7.39. The van der Waals surface area contributed by atoms with Gasteiger partial charge in [-0.2, -0.15) is 0 Å². The fraction of sp³-hybridized carbons (Fsp3) is 0. The Morgan fingerprint density at radius 1 is 0.531 bits per heavy atom. The molecule has 0 aliphatic carbocycles. The van der Waals surface area contributed by atoms with Crippen LogP contribution in [0.1, 0.15) is 0 Å². The lowest BCUT2D eigenvalue weighted by Gasteiger charge is -2.09. The molecule has 5 heteroatoms. The van der Waals surface area contributed by atoms with Crippen molar-refractivity contribution in [2.24, 2.45) is 0 Å². The molecule has 152 valence electrons. The van der Waals surface area contributed by atoms with Gasteiger partial charge in [0.25, 0.3) is 0 Å². The van der Waals surface area contributed by atoms with Gasteiger partial charge in [-0.05, 0) is 12.1 Å². The van der Waals surface area contributed by atoms with E-state index in [2.05, 4.69) is 15.0 Å². The molecule has 0 bridgehead atoms. The summed E-state index contributed by atoms with van der Waals surface area (Å²) in [5.74, 6) is 0.820. The highest BCUT2D eigenvalue weighted by Gasteiger charge is 2.18. The van der Waals surface area contributed by atoms with E-state index >= 15 is 4.39 Å². The molecule has 6 rings (SSSR count). The van der Waals surface area contributed by atoms with E-state index in [9.17, 15) is 0 Å². The Bertz CT molecular complexity index is 1520. The average molecular weight is 417 g/mol. The van der Waals surface area contributed by atoms with Crippen LogP contribution in [0.25, 0.3) is 56.1 Å². The third kappa shape index (κ3) is 3.11. The maximum absolute atomic E-state index is 15.2. The number of hydrogen-bond donors (Lipinski definition) is 0. The maximum atomic E-state index is 15.2. The Hall–Kier alpha value is -4.38. The van der Waals surface area contributed by atoms with Gasteiger partial charge < -0.3 is 4.42 Å². The maximum Gasteiger partial charge on any atom is 0.167 e. The Kier molecular flexibility index (Phi) is 4.25. The molecule has 4 nitrogen and oxygen atoms in total. The average Bonchev–Trinajstić information content (AvgIpc) is 3.21.